The normalized spacial score (nSPS) is 11.3. The summed E-state index contributed by atoms with van der Waals surface area (Å²) in [5.41, 5.74) is 12.8. The third-order valence-electron chi connectivity index (χ3n) is 11.9. The molecule has 1 heterocycles. The Hall–Kier alpha value is -8.32. The highest BCUT2D eigenvalue weighted by Crippen LogP contribution is 2.48. The van der Waals surface area contributed by atoms with Crippen molar-refractivity contribution in [2.24, 2.45) is 0 Å². The van der Waals surface area contributed by atoms with Crippen LogP contribution >= 0.6 is 0 Å². The highest BCUT2D eigenvalue weighted by atomic mass is 15.1. The standard InChI is InChI=1S/C58H37N3/c59-38-39-22-29-45(30-23-39)61(47-33-26-43(27-34-47)56-21-7-8-36-60-56)46-31-24-40(25-32-46)44-28-35-54-55(37-44)58(51-20-10-14-42-12-2-4-16-49(42)51)53-18-6-5-17-52(53)57(54)50-19-9-13-41-11-1-3-15-48(41)50/h1-37H. The van der Waals surface area contributed by atoms with Gasteiger partial charge in [0.2, 0.25) is 0 Å². The Bertz CT molecular complexity index is 3450. The van der Waals surface area contributed by atoms with E-state index in [9.17, 15) is 5.26 Å². The molecule has 0 aliphatic rings. The predicted molar refractivity (Wildman–Crippen MR) is 255 cm³/mol. The number of benzene rings is 10. The van der Waals surface area contributed by atoms with Gasteiger partial charge >= 0.3 is 0 Å². The van der Waals surface area contributed by atoms with Crippen LogP contribution in [0.4, 0.5) is 17.1 Å². The molecule has 10 aromatic carbocycles. The van der Waals surface area contributed by atoms with Crippen molar-refractivity contribution >= 4 is 60.2 Å². The van der Waals surface area contributed by atoms with Gasteiger partial charge in [-0.05, 0) is 143 Å². The van der Waals surface area contributed by atoms with E-state index in [0.717, 1.165) is 39.4 Å². The van der Waals surface area contributed by atoms with E-state index in [2.05, 4.69) is 192 Å². The highest BCUT2D eigenvalue weighted by Gasteiger charge is 2.20. The molecule has 0 aliphatic heterocycles. The van der Waals surface area contributed by atoms with Gasteiger partial charge in [-0.1, -0.05) is 152 Å². The van der Waals surface area contributed by atoms with Crippen molar-refractivity contribution in [3.05, 3.63) is 230 Å². The molecule has 0 atom stereocenters. The first-order chi connectivity index (χ1) is 30.2. The van der Waals surface area contributed by atoms with Crippen molar-refractivity contribution in [2.45, 2.75) is 0 Å². The molecule has 0 radical (unpaired) electrons. The van der Waals surface area contributed by atoms with E-state index in [-0.39, 0.29) is 0 Å². The number of nitrogens with zero attached hydrogens (tertiary/aromatic N) is 3. The smallest absolute Gasteiger partial charge is 0.0991 e. The van der Waals surface area contributed by atoms with E-state index in [1.807, 2.05) is 48.7 Å². The van der Waals surface area contributed by atoms with E-state index < -0.39 is 0 Å². The van der Waals surface area contributed by atoms with E-state index in [4.69, 9.17) is 0 Å². The number of pyridine rings is 1. The number of aromatic nitrogens is 1. The van der Waals surface area contributed by atoms with Gasteiger partial charge in [-0.15, -0.1) is 0 Å². The number of rotatable bonds is 7. The van der Waals surface area contributed by atoms with Crippen molar-refractivity contribution in [1.29, 1.82) is 5.26 Å². The minimum absolute atomic E-state index is 0.625. The molecule has 0 spiro atoms. The van der Waals surface area contributed by atoms with Gasteiger partial charge in [0.15, 0.2) is 0 Å². The zero-order valence-corrected chi connectivity index (χ0v) is 33.2. The Balaban J connectivity index is 1.09. The third kappa shape index (κ3) is 6.35. The van der Waals surface area contributed by atoms with Crippen LogP contribution in [0.3, 0.4) is 0 Å². The fourth-order valence-corrected chi connectivity index (χ4v) is 9.08. The van der Waals surface area contributed by atoms with Crippen LogP contribution in [0.5, 0.6) is 0 Å². The highest BCUT2D eigenvalue weighted by molar-refractivity contribution is 6.25. The molecule has 0 aliphatic carbocycles. The second kappa shape index (κ2) is 15.1. The molecule has 3 nitrogen and oxygen atoms in total. The van der Waals surface area contributed by atoms with Crippen LogP contribution in [-0.2, 0) is 0 Å². The molecule has 0 amide bonds. The number of fused-ring (bicyclic) bond motifs is 4. The monoisotopic (exact) mass is 775 g/mol. The maximum Gasteiger partial charge on any atom is 0.0991 e. The molecule has 0 N–H and O–H groups in total. The summed E-state index contributed by atoms with van der Waals surface area (Å²) in [5.74, 6) is 0. The fourth-order valence-electron chi connectivity index (χ4n) is 9.08. The lowest BCUT2D eigenvalue weighted by Gasteiger charge is -2.26. The summed E-state index contributed by atoms with van der Waals surface area (Å²) in [6.45, 7) is 0. The molecule has 1 aromatic heterocycles. The maximum atomic E-state index is 9.57. The summed E-state index contributed by atoms with van der Waals surface area (Å²) < 4.78 is 0. The molecule has 0 unspecified atom stereocenters. The second-order valence-electron chi connectivity index (χ2n) is 15.4. The van der Waals surface area contributed by atoms with Gasteiger partial charge in [0, 0.05) is 28.8 Å². The Labute approximate surface area is 354 Å². The maximum absolute atomic E-state index is 9.57. The van der Waals surface area contributed by atoms with Gasteiger partial charge in [0.1, 0.15) is 0 Å². The molecule has 61 heavy (non-hydrogen) atoms. The average Bonchev–Trinajstić information content (AvgIpc) is 3.34. The summed E-state index contributed by atoms with van der Waals surface area (Å²) in [7, 11) is 0. The fraction of sp³-hybridized carbons (Fsp3) is 0. The zero-order valence-electron chi connectivity index (χ0n) is 33.2. The summed E-state index contributed by atoms with van der Waals surface area (Å²) >= 11 is 0. The van der Waals surface area contributed by atoms with Gasteiger partial charge in [-0.2, -0.15) is 5.26 Å². The SMILES string of the molecule is N#Cc1ccc(N(c2ccc(-c3ccc4c(-c5cccc6ccccc56)c5ccccc5c(-c5cccc6ccccc56)c4c3)cc2)c2ccc(-c3ccccn3)cc2)cc1. The second-order valence-corrected chi connectivity index (χ2v) is 15.4. The topological polar surface area (TPSA) is 39.9 Å². The molecule has 0 fully saturated rings. The predicted octanol–water partition coefficient (Wildman–Crippen LogP) is 15.7. The van der Waals surface area contributed by atoms with E-state index >= 15 is 0 Å². The van der Waals surface area contributed by atoms with Gasteiger partial charge in [0.25, 0.3) is 0 Å². The van der Waals surface area contributed by atoms with Crippen molar-refractivity contribution < 1.29 is 0 Å². The Morgan fingerprint density at radius 3 is 1.38 bits per heavy atom. The van der Waals surface area contributed by atoms with Crippen molar-refractivity contribution in [3.63, 3.8) is 0 Å². The van der Waals surface area contributed by atoms with E-state index in [1.54, 1.807) is 0 Å². The molecule has 11 rings (SSSR count). The molecular formula is C58H37N3. The van der Waals surface area contributed by atoms with E-state index in [0.29, 0.717) is 5.56 Å². The quantitative estimate of drug-likeness (QED) is 0.151. The minimum Gasteiger partial charge on any atom is -0.311 e. The molecular weight excluding hydrogens is 739 g/mol. The summed E-state index contributed by atoms with van der Waals surface area (Å²) in [6.07, 6.45) is 1.82. The van der Waals surface area contributed by atoms with Gasteiger partial charge in [0.05, 0.1) is 17.3 Å². The lowest BCUT2D eigenvalue weighted by atomic mass is 9.83. The van der Waals surface area contributed by atoms with Crippen LogP contribution in [0.1, 0.15) is 5.56 Å². The molecule has 11 aromatic rings. The van der Waals surface area contributed by atoms with Gasteiger partial charge in [-0.25, -0.2) is 0 Å². The first-order valence-electron chi connectivity index (χ1n) is 20.6. The number of hydrogen-bond donors (Lipinski definition) is 0. The summed E-state index contributed by atoms with van der Waals surface area (Å²) in [4.78, 5) is 6.79. The van der Waals surface area contributed by atoms with Crippen molar-refractivity contribution in [3.8, 4) is 50.7 Å². The molecule has 0 saturated heterocycles. The van der Waals surface area contributed by atoms with Gasteiger partial charge in [-0.3, -0.25) is 4.98 Å². The lowest BCUT2D eigenvalue weighted by Crippen LogP contribution is -2.09. The van der Waals surface area contributed by atoms with Crippen molar-refractivity contribution in [2.75, 3.05) is 4.90 Å². The van der Waals surface area contributed by atoms with Crippen LogP contribution < -0.4 is 4.90 Å². The summed E-state index contributed by atoms with van der Waals surface area (Å²) in [5, 5.41) is 19.4. The minimum atomic E-state index is 0.625. The number of nitriles is 1. The van der Waals surface area contributed by atoms with Crippen LogP contribution in [0.15, 0.2) is 225 Å². The van der Waals surface area contributed by atoms with Crippen LogP contribution in [0.25, 0.3) is 87.7 Å². The van der Waals surface area contributed by atoms with Crippen LogP contribution in [0, 0.1) is 11.3 Å². The van der Waals surface area contributed by atoms with Crippen LogP contribution in [0.2, 0.25) is 0 Å². The third-order valence-corrected chi connectivity index (χ3v) is 11.9. The van der Waals surface area contributed by atoms with Crippen molar-refractivity contribution in [1.82, 2.24) is 4.98 Å². The number of anilines is 3. The molecule has 284 valence electrons. The van der Waals surface area contributed by atoms with Crippen LogP contribution in [-0.4, -0.2) is 4.98 Å². The molecule has 0 saturated carbocycles. The first kappa shape index (κ1) is 35.8. The van der Waals surface area contributed by atoms with Gasteiger partial charge < -0.3 is 4.90 Å². The Morgan fingerprint density at radius 1 is 0.361 bits per heavy atom. The Kier molecular flexibility index (Phi) is 8.88. The first-order valence-corrected chi connectivity index (χ1v) is 20.6. The average molecular weight is 776 g/mol. The lowest BCUT2D eigenvalue weighted by molar-refractivity contribution is 1.27. The number of hydrogen-bond acceptors (Lipinski definition) is 3. The Morgan fingerprint density at radius 2 is 0.820 bits per heavy atom. The van der Waals surface area contributed by atoms with E-state index in [1.165, 1.54) is 65.3 Å². The molecule has 3 heteroatoms. The summed E-state index contributed by atoms with van der Waals surface area (Å²) in [6, 6.07) is 80.0. The zero-order chi connectivity index (χ0) is 40.7. The largest absolute Gasteiger partial charge is 0.311 e. The molecule has 0 bridgehead atoms.